The van der Waals surface area contributed by atoms with Crippen molar-refractivity contribution in [2.45, 2.75) is 11.1 Å². The molecule has 3 aromatic carbocycles. The van der Waals surface area contributed by atoms with Crippen LogP contribution in [0.1, 0.15) is 16.7 Å². The van der Waals surface area contributed by atoms with E-state index >= 15 is 0 Å². The Morgan fingerprint density at radius 1 is 0.812 bits per heavy atom. The SMILES string of the molecule is N=C(c1ccc(Cl)cc1)C(O)(c1ccc(Cl)cc1)c1ccc(OS(=O)(=O)C(F)(F)F)cc1. The van der Waals surface area contributed by atoms with Gasteiger partial charge in [0.15, 0.2) is 5.60 Å². The van der Waals surface area contributed by atoms with E-state index in [9.17, 15) is 26.7 Å². The summed E-state index contributed by atoms with van der Waals surface area (Å²) in [5.41, 5.74) is -7.25. The smallest absolute Gasteiger partial charge is 0.376 e. The molecule has 3 rings (SSSR count). The van der Waals surface area contributed by atoms with Gasteiger partial charge in [-0.05, 0) is 53.1 Å². The maximum Gasteiger partial charge on any atom is 0.534 e. The minimum atomic E-state index is -5.85. The van der Waals surface area contributed by atoms with E-state index in [1.165, 1.54) is 60.7 Å². The van der Waals surface area contributed by atoms with Gasteiger partial charge in [-0.3, -0.25) is 0 Å². The van der Waals surface area contributed by atoms with Crippen LogP contribution in [0.2, 0.25) is 10.0 Å². The average molecular weight is 504 g/mol. The molecule has 0 fully saturated rings. The molecule has 0 aliphatic carbocycles. The van der Waals surface area contributed by atoms with Crippen LogP contribution >= 0.6 is 23.2 Å². The molecular weight excluding hydrogens is 490 g/mol. The minimum absolute atomic E-state index is 0.0801. The molecule has 0 saturated heterocycles. The molecule has 1 atom stereocenters. The molecule has 0 aromatic heterocycles. The monoisotopic (exact) mass is 503 g/mol. The second kappa shape index (κ2) is 8.74. The second-order valence-electron chi connectivity index (χ2n) is 6.61. The molecule has 0 aliphatic heterocycles. The number of hydrogen-bond acceptors (Lipinski definition) is 5. The van der Waals surface area contributed by atoms with Crippen molar-refractivity contribution in [2.75, 3.05) is 0 Å². The van der Waals surface area contributed by atoms with E-state index in [4.69, 9.17) is 28.6 Å². The standard InChI is InChI=1S/C21H14Cl2F3NO4S/c22-16-7-1-13(2-8-16)19(27)20(28,14-3-9-17(23)10-4-14)15-5-11-18(12-6-15)31-32(29,30)21(24,25)26/h1-12,27-28H. The summed E-state index contributed by atoms with van der Waals surface area (Å²) < 4.78 is 64.2. The molecule has 2 N–H and O–H groups in total. The highest BCUT2D eigenvalue weighted by Gasteiger charge is 2.48. The van der Waals surface area contributed by atoms with E-state index in [1.54, 1.807) is 0 Å². The molecule has 0 amide bonds. The lowest BCUT2D eigenvalue weighted by molar-refractivity contribution is -0.0500. The van der Waals surface area contributed by atoms with E-state index in [1.807, 2.05) is 0 Å². The summed E-state index contributed by atoms with van der Waals surface area (Å²) in [6, 6.07) is 16.4. The van der Waals surface area contributed by atoms with Gasteiger partial charge in [0.1, 0.15) is 5.75 Å². The van der Waals surface area contributed by atoms with Gasteiger partial charge in [0.2, 0.25) is 0 Å². The highest BCUT2D eigenvalue weighted by Crippen LogP contribution is 2.36. The number of benzene rings is 3. The highest BCUT2D eigenvalue weighted by atomic mass is 35.5. The van der Waals surface area contributed by atoms with Crippen molar-refractivity contribution in [1.82, 2.24) is 0 Å². The summed E-state index contributed by atoms with van der Waals surface area (Å²) in [6.45, 7) is 0. The Hall–Kier alpha value is -2.59. The number of nitrogens with one attached hydrogen (secondary N) is 1. The Bertz CT molecular complexity index is 1230. The third-order valence-electron chi connectivity index (χ3n) is 4.52. The molecule has 5 nitrogen and oxygen atoms in total. The van der Waals surface area contributed by atoms with Gasteiger partial charge in [0, 0.05) is 10.0 Å². The van der Waals surface area contributed by atoms with Gasteiger partial charge in [-0.25, -0.2) is 0 Å². The van der Waals surface area contributed by atoms with Gasteiger partial charge in [-0.2, -0.15) is 21.6 Å². The van der Waals surface area contributed by atoms with Crippen LogP contribution in [0.5, 0.6) is 5.75 Å². The first kappa shape index (κ1) is 24.1. The van der Waals surface area contributed by atoms with E-state index in [2.05, 4.69) is 4.18 Å². The lowest BCUT2D eigenvalue weighted by atomic mass is 9.79. The number of aliphatic hydroxyl groups is 1. The van der Waals surface area contributed by atoms with Gasteiger partial charge in [0.25, 0.3) is 0 Å². The summed E-state index contributed by atoms with van der Waals surface area (Å²) in [5, 5.41) is 21.1. The fourth-order valence-corrected chi connectivity index (χ4v) is 3.61. The largest absolute Gasteiger partial charge is 0.534 e. The lowest BCUT2D eigenvalue weighted by Gasteiger charge is -2.30. The number of rotatable bonds is 6. The molecule has 0 radical (unpaired) electrons. The van der Waals surface area contributed by atoms with Gasteiger partial charge >= 0.3 is 15.6 Å². The Morgan fingerprint density at radius 2 is 1.22 bits per heavy atom. The molecule has 168 valence electrons. The minimum Gasteiger partial charge on any atom is -0.376 e. The van der Waals surface area contributed by atoms with Crippen molar-refractivity contribution >= 4 is 39.0 Å². The third kappa shape index (κ3) is 4.75. The normalized spacial score (nSPS) is 13.9. The fourth-order valence-electron chi connectivity index (χ4n) is 2.90. The molecule has 0 saturated carbocycles. The zero-order valence-electron chi connectivity index (χ0n) is 15.9. The van der Waals surface area contributed by atoms with Crippen molar-refractivity contribution in [2.24, 2.45) is 0 Å². The molecule has 32 heavy (non-hydrogen) atoms. The summed E-state index contributed by atoms with van der Waals surface area (Å²) in [4.78, 5) is 0. The van der Waals surface area contributed by atoms with Gasteiger partial charge in [-0.15, -0.1) is 0 Å². The molecule has 0 heterocycles. The predicted molar refractivity (Wildman–Crippen MR) is 115 cm³/mol. The van der Waals surface area contributed by atoms with Crippen molar-refractivity contribution in [3.63, 3.8) is 0 Å². The maximum absolute atomic E-state index is 12.6. The highest BCUT2D eigenvalue weighted by molar-refractivity contribution is 7.88. The van der Waals surface area contributed by atoms with Crippen LogP contribution in [0.25, 0.3) is 0 Å². The summed E-state index contributed by atoms with van der Waals surface area (Å²) in [5.74, 6) is -0.609. The van der Waals surface area contributed by atoms with E-state index < -0.39 is 27.0 Å². The van der Waals surface area contributed by atoms with Gasteiger partial charge < -0.3 is 14.7 Å². The molecule has 11 heteroatoms. The van der Waals surface area contributed by atoms with Crippen LogP contribution < -0.4 is 4.18 Å². The number of alkyl halides is 3. The molecule has 1 unspecified atom stereocenters. The maximum atomic E-state index is 12.6. The predicted octanol–water partition coefficient (Wildman–Crippen LogP) is 5.53. The first-order chi connectivity index (χ1) is 14.8. The van der Waals surface area contributed by atoms with E-state index in [-0.39, 0.29) is 16.8 Å². The molecule has 0 spiro atoms. The van der Waals surface area contributed by atoms with Crippen molar-refractivity contribution in [3.8, 4) is 5.75 Å². The van der Waals surface area contributed by atoms with E-state index in [0.29, 0.717) is 15.6 Å². The Labute approximate surface area is 191 Å². The molecular formula is C21H14Cl2F3NO4S. The first-order valence-electron chi connectivity index (χ1n) is 8.79. The Kier molecular flexibility index (Phi) is 6.57. The average Bonchev–Trinajstić information content (AvgIpc) is 2.73. The van der Waals surface area contributed by atoms with Crippen molar-refractivity contribution in [3.05, 3.63) is 99.5 Å². The van der Waals surface area contributed by atoms with Crippen LogP contribution in [0.15, 0.2) is 72.8 Å². The van der Waals surface area contributed by atoms with Crippen LogP contribution in [0.4, 0.5) is 13.2 Å². The van der Waals surface area contributed by atoms with Crippen molar-refractivity contribution < 1.29 is 30.9 Å². The zero-order chi connectivity index (χ0) is 23.7. The molecule has 3 aromatic rings. The zero-order valence-corrected chi connectivity index (χ0v) is 18.2. The van der Waals surface area contributed by atoms with Crippen LogP contribution in [-0.4, -0.2) is 24.7 Å². The van der Waals surface area contributed by atoms with Gasteiger partial charge in [-0.1, -0.05) is 59.6 Å². The van der Waals surface area contributed by atoms with E-state index in [0.717, 1.165) is 12.1 Å². The summed E-state index contributed by atoms with van der Waals surface area (Å²) in [6.07, 6.45) is 0. The molecule has 0 bridgehead atoms. The third-order valence-corrected chi connectivity index (χ3v) is 6.00. The lowest BCUT2D eigenvalue weighted by Crippen LogP contribution is -2.37. The molecule has 0 aliphatic rings. The fraction of sp³-hybridized carbons (Fsp3) is 0.0952. The van der Waals surface area contributed by atoms with Gasteiger partial charge in [0.05, 0.1) is 5.71 Å². The first-order valence-corrected chi connectivity index (χ1v) is 11.0. The van der Waals surface area contributed by atoms with Crippen molar-refractivity contribution in [1.29, 1.82) is 5.41 Å². The van der Waals surface area contributed by atoms with Crippen LogP contribution in [0.3, 0.4) is 0 Å². The summed E-state index contributed by atoms with van der Waals surface area (Å²) in [7, 11) is -5.85. The number of hydrogen-bond donors (Lipinski definition) is 2. The second-order valence-corrected chi connectivity index (χ2v) is 9.02. The van der Waals surface area contributed by atoms with Crippen LogP contribution in [-0.2, 0) is 15.7 Å². The van der Waals surface area contributed by atoms with Crippen LogP contribution in [0, 0.1) is 5.41 Å². The quantitative estimate of drug-likeness (QED) is 0.263. The summed E-state index contributed by atoms with van der Waals surface area (Å²) >= 11 is 11.8. The topological polar surface area (TPSA) is 87.4 Å². The Morgan fingerprint density at radius 3 is 1.66 bits per heavy atom. The Balaban J connectivity index is 2.07. The number of halogens is 5.